The van der Waals surface area contributed by atoms with E-state index in [0.29, 0.717) is 12.0 Å². The molecule has 26 heavy (non-hydrogen) atoms. The predicted molar refractivity (Wildman–Crippen MR) is 121 cm³/mol. The molecular weight excluding hydrogens is 439 g/mol. The van der Waals surface area contributed by atoms with Gasteiger partial charge in [0.25, 0.3) is 0 Å². The third-order valence-electron chi connectivity index (χ3n) is 4.82. The molecule has 6 heteroatoms. The molecule has 5 nitrogen and oxygen atoms in total. The fourth-order valence-corrected chi connectivity index (χ4v) is 3.31. The van der Waals surface area contributed by atoms with Crippen molar-refractivity contribution < 1.29 is 4.74 Å². The van der Waals surface area contributed by atoms with Gasteiger partial charge in [-0.05, 0) is 39.4 Å². The number of nitrogens with one attached hydrogen (secondary N) is 1. The molecule has 1 aromatic carbocycles. The van der Waals surface area contributed by atoms with Gasteiger partial charge >= 0.3 is 0 Å². The molecule has 1 saturated heterocycles. The molecule has 0 spiro atoms. The first kappa shape index (κ1) is 23.2. The second-order valence-corrected chi connectivity index (χ2v) is 7.06. The van der Waals surface area contributed by atoms with Crippen molar-refractivity contribution in [3.63, 3.8) is 0 Å². The highest BCUT2D eigenvalue weighted by atomic mass is 127. The average molecular weight is 474 g/mol. The summed E-state index contributed by atoms with van der Waals surface area (Å²) < 4.78 is 5.32. The smallest absolute Gasteiger partial charge is 0.193 e. The number of likely N-dealkylation sites (N-methyl/N-ethyl adjacent to an activating group) is 1. The topological polar surface area (TPSA) is 40.1 Å². The molecule has 0 amide bonds. The Morgan fingerprint density at radius 1 is 1.35 bits per heavy atom. The number of rotatable bonds is 8. The van der Waals surface area contributed by atoms with Crippen LogP contribution >= 0.6 is 24.0 Å². The lowest BCUT2D eigenvalue weighted by atomic mass is 10.1. The standard InChI is InChI=1S/C20H34N4O.HI/c1-5-21-20(24-12-11-18(15-24)16-25-4)22-14-19(23(2)3)13-17-9-7-6-8-10-17;/h6-10,18-19H,5,11-16H2,1-4H3,(H,21,22);1H. The summed E-state index contributed by atoms with van der Waals surface area (Å²) in [7, 11) is 6.06. The Bertz CT molecular complexity index is 524. The van der Waals surface area contributed by atoms with Crippen LogP contribution in [0, 0.1) is 5.92 Å². The van der Waals surface area contributed by atoms with Crippen molar-refractivity contribution in [2.24, 2.45) is 10.9 Å². The quantitative estimate of drug-likeness (QED) is 0.358. The minimum Gasteiger partial charge on any atom is -0.384 e. The summed E-state index contributed by atoms with van der Waals surface area (Å²) in [6.07, 6.45) is 2.20. The SMILES string of the molecule is CCNC(=NCC(Cc1ccccc1)N(C)C)N1CCC(COC)C1.I. The van der Waals surface area contributed by atoms with Crippen molar-refractivity contribution in [1.82, 2.24) is 15.1 Å². The van der Waals surface area contributed by atoms with E-state index in [0.717, 1.165) is 45.2 Å². The zero-order valence-electron chi connectivity index (χ0n) is 16.6. The van der Waals surface area contributed by atoms with Gasteiger partial charge in [0.1, 0.15) is 0 Å². The summed E-state index contributed by atoms with van der Waals surface area (Å²) in [6.45, 7) is 6.76. The van der Waals surface area contributed by atoms with Gasteiger partial charge in [0, 0.05) is 38.7 Å². The van der Waals surface area contributed by atoms with Crippen LogP contribution in [0.15, 0.2) is 35.3 Å². The second-order valence-electron chi connectivity index (χ2n) is 7.06. The fraction of sp³-hybridized carbons (Fsp3) is 0.650. The molecule has 0 radical (unpaired) electrons. The highest BCUT2D eigenvalue weighted by Crippen LogP contribution is 2.16. The van der Waals surface area contributed by atoms with Crippen LogP contribution in [0.4, 0.5) is 0 Å². The Morgan fingerprint density at radius 2 is 2.08 bits per heavy atom. The number of methoxy groups -OCH3 is 1. The van der Waals surface area contributed by atoms with Crippen molar-refractivity contribution in [2.75, 3.05) is 54.0 Å². The summed E-state index contributed by atoms with van der Waals surface area (Å²) in [5, 5.41) is 3.46. The van der Waals surface area contributed by atoms with Gasteiger partial charge < -0.3 is 19.9 Å². The first-order valence-electron chi connectivity index (χ1n) is 9.36. The predicted octanol–water partition coefficient (Wildman–Crippen LogP) is 2.71. The van der Waals surface area contributed by atoms with Gasteiger partial charge in [0.05, 0.1) is 13.2 Å². The third kappa shape index (κ3) is 7.40. The highest BCUT2D eigenvalue weighted by molar-refractivity contribution is 14.0. The maximum Gasteiger partial charge on any atom is 0.193 e. The Morgan fingerprint density at radius 3 is 2.69 bits per heavy atom. The van der Waals surface area contributed by atoms with E-state index < -0.39 is 0 Å². The summed E-state index contributed by atoms with van der Waals surface area (Å²) in [6, 6.07) is 11.1. The summed E-state index contributed by atoms with van der Waals surface area (Å²) in [5.74, 6) is 1.66. The number of guanidine groups is 1. The lowest BCUT2D eigenvalue weighted by Crippen LogP contribution is -2.42. The minimum absolute atomic E-state index is 0. The maximum atomic E-state index is 5.32. The molecule has 2 unspecified atom stereocenters. The van der Waals surface area contributed by atoms with Crippen molar-refractivity contribution >= 4 is 29.9 Å². The van der Waals surface area contributed by atoms with Gasteiger partial charge in [-0.2, -0.15) is 0 Å². The minimum atomic E-state index is 0. The van der Waals surface area contributed by atoms with E-state index in [1.807, 2.05) is 0 Å². The molecule has 0 bridgehead atoms. The van der Waals surface area contributed by atoms with Crippen LogP contribution in [0.1, 0.15) is 18.9 Å². The number of aliphatic imine (C=N–C) groups is 1. The Kier molecular flexibility index (Phi) is 11.2. The van der Waals surface area contributed by atoms with E-state index >= 15 is 0 Å². The molecule has 1 aliphatic heterocycles. The van der Waals surface area contributed by atoms with Crippen LogP contribution in [0.25, 0.3) is 0 Å². The van der Waals surface area contributed by atoms with Gasteiger partial charge in [-0.15, -0.1) is 24.0 Å². The number of ether oxygens (including phenoxy) is 1. The van der Waals surface area contributed by atoms with Crippen LogP contribution in [0.5, 0.6) is 0 Å². The number of nitrogens with zero attached hydrogens (tertiary/aromatic N) is 3. The van der Waals surface area contributed by atoms with Crippen LogP contribution in [0.2, 0.25) is 0 Å². The van der Waals surface area contributed by atoms with E-state index in [-0.39, 0.29) is 24.0 Å². The zero-order valence-corrected chi connectivity index (χ0v) is 19.0. The number of likely N-dealkylation sites (tertiary alicyclic amines) is 1. The maximum absolute atomic E-state index is 5.32. The van der Waals surface area contributed by atoms with Crippen LogP contribution in [0.3, 0.4) is 0 Å². The Balaban J connectivity index is 0.00000338. The Hall–Kier alpha value is -0.860. The van der Waals surface area contributed by atoms with Crippen LogP contribution in [-0.4, -0.2) is 75.8 Å². The number of halogens is 1. The first-order chi connectivity index (χ1) is 12.1. The largest absolute Gasteiger partial charge is 0.384 e. The van der Waals surface area contributed by atoms with Crippen molar-refractivity contribution in [3.8, 4) is 0 Å². The first-order valence-corrected chi connectivity index (χ1v) is 9.36. The van der Waals surface area contributed by atoms with Gasteiger partial charge in [-0.3, -0.25) is 4.99 Å². The molecule has 2 atom stereocenters. The lowest BCUT2D eigenvalue weighted by molar-refractivity contribution is 0.157. The molecule has 1 fully saturated rings. The molecule has 148 valence electrons. The molecule has 0 aromatic heterocycles. The molecule has 1 aliphatic rings. The lowest BCUT2D eigenvalue weighted by Gasteiger charge is -2.26. The number of benzene rings is 1. The molecule has 2 rings (SSSR count). The fourth-order valence-electron chi connectivity index (χ4n) is 3.31. The average Bonchev–Trinajstić information content (AvgIpc) is 3.07. The van der Waals surface area contributed by atoms with Gasteiger partial charge in [0.15, 0.2) is 5.96 Å². The van der Waals surface area contributed by atoms with Gasteiger partial charge in [-0.1, -0.05) is 30.3 Å². The highest BCUT2D eigenvalue weighted by Gasteiger charge is 2.25. The second kappa shape index (κ2) is 12.5. The van der Waals surface area contributed by atoms with E-state index in [1.54, 1.807) is 7.11 Å². The molecule has 1 N–H and O–H groups in total. The molecule has 0 saturated carbocycles. The van der Waals surface area contributed by atoms with E-state index in [2.05, 4.69) is 66.5 Å². The Labute approximate surface area is 176 Å². The van der Waals surface area contributed by atoms with E-state index in [4.69, 9.17) is 9.73 Å². The van der Waals surface area contributed by atoms with Crippen LogP contribution in [-0.2, 0) is 11.2 Å². The van der Waals surface area contributed by atoms with Crippen LogP contribution < -0.4 is 5.32 Å². The molecular formula is C20H35IN4O. The summed E-state index contributed by atoms with van der Waals surface area (Å²) in [4.78, 5) is 9.61. The van der Waals surface area contributed by atoms with E-state index in [1.165, 1.54) is 12.0 Å². The molecule has 0 aliphatic carbocycles. The van der Waals surface area contributed by atoms with Crippen molar-refractivity contribution in [2.45, 2.75) is 25.8 Å². The van der Waals surface area contributed by atoms with Crippen molar-refractivity contribution in [3.05, 3.63) is 35.9 Å². The van der Waals surface area contributed by atoms with Gasteiger partial charge in [-0.25, -0.2) is 0 Å². The number of hydrogen-bond donors (Lipinski definition) is 1. The molecule has 1 aromatic rings. The molecule has 1 heterocycles. The van der Waals surface area contributed by atoms with Gasteiger partial charge in [0.2, 0.25) is 0 Å². The van der Waals surface area contributed by atoms with Crippen molar-refractivity contribution in [1.29, 1.82) is 0 Å². The normalized spacial score (nSPS) is 18.7. The summed E-state index contributed by atoms with van der Waals surface area (Å²) in [5.41, 5.74) is 1.36. The zero-order chi connectivity index (χ0) is 18.1. The monoisotopic (exact) mass is 474 g/mol. The third-order valence-corrected chi connectivity index (χ3v) is 4.82. The summed E-state index contributed by atoms with van der Waals surface area (Å²) >= 11 is 0. The number of hydrogen-bond acceptors (Lipinski definition) is 3. The van der Waals surface area contributed by atoms with E-state index in [9.17, 15) is 0 Å².